The van der Waals surface area contributed by atoms with Gasteiger partial charge in [0.25, 0.3) is 5.19 Å². The van der Waals surface area contributed by atoms with Gasteiger partial charge in [-0.3, -0.25) is 0 Å². The summed E-state index contributed by atoms with van der Waals surface area (Å²) < 4.78 is 7.56. The Bertz CT molecular complexity index is 741. The second-order valence-corrected chi connectivity index (χ2v) is 6.34. The van der Waals surface area contributed by atoms with E-state index >= 15 is 0 Å². The van der Waals surface area contributed by atoms with Gasteiger partial charge in [-0.25, -0.2) is 14.5 Å². The summed E-state index contributed by atoms with van der Waals surface area (Å²) in [5.74, 6) is 1.53. The van der Waals surface area contributed by atoms with Crippen LogP contribution in [-0.4, -0.2) is 39.3 Å². The first-order valence-corrected chi connectivity index (χ1v) is 8.34. The maximum atomic E-state index is 5.77. The van der Waals surface area contributed by atoms with Crippen LogP contribution >= 0.6 is 11.3 Å². The number of hydrogen-bond acceptors (Lipinski definition) is 6. The van der Waals surface area contributed by atoms with E-state index in [1.54, 1.807) is 28.2 Å². The van der Waals surface area contributed by atoms with Gasteiger partial charge in [-0.05, 0) is 18.9 Å². The third-order valence-electron chi connectivity index (χ3n) is 3.94. The average molecular weight is 315 g/mol. The van der Waals surface area contributed by atoms with Crippen LogP contribution < -0.4 is 9.64 Å². The molecule has 0 N–H and O–H groups in total. The Hall–Kier alpha value is -2.15. The second-order valence-electron chi connectivity index (χ2n) is 5.48. The molecule has 4 rings (SSSR count). The molecule has 1 atom stereocenters. The molecule has 0 radical (unpaired) electrons. The van der Waals surface area contributed by atoms with Crippen molar-refractivity contribution in [2.75, 3.05) is 24.6 Å². The van der Waals surface area contributed by atoms with Crippen LogP contribution in [0.3, 0.4) is 0 Å². The van der Waals surface area contributed by atoms with Gasteiger partial charge in [0.15, 0.2) is 5.65 Å². The number of rotatable bonds is 4. The van der Waals surface area contributed by atoms with Gasteiger partial charge in [0, 0.05) is 42.8 Å². The molecule has 1 aliphatic rings. The SMILES string of the molecule is c1csc(OCC2CCCN(c3ccn4nccc4n3)C2)n1. The quantitative estimate of drug-likeness (QED) is 0.740. The zero-order valence-corrected chi connectivity index (χ0v) is 12.9. The van der Waals surface area contributed by atoms with Crippen LogP contribution in [0.5, 0.6) is 5.19 Å². The standard InChI is InChI=1S/C15H17N5OS/c1-2-12(11-21-15-16-6-9-22-15)10-19(7-1)13-4-8-20-14(18-13)3-5-17-20/h3-6,8-9,12H,1-2,7,10-11H2. The fourth-order valence-corrected chi connectivity index (χ4v) is 3.35. The summed E-state index contributed by atoms with van der Waals surface area (Å²) in [5.41, 5.74) is 0.888. The Labute approximate surface area is 132 Å². The van der Waals surface area contributed by atoms with E-state index < -0.39 is 0 Å². The lowest BCUT2D eigenvalue weighted by Gasteiger charge is -2.33. The molecule has 1 saturated heterocycles. The first-order chi connectivity index (χ1) is 10.9. The molecule has 0 saturated carbocycles. The maximum absolute atomic E-state index is 5.77. The van der Waals surface area contributed by atoms with Crippen molar-refractivity contribution in [3.63, 3.8) is 0 Å². The molecular formula is C15H17N5OS. The monoisotopic (exact) mass is 315 g/mol. The molecule has 1 aliphatic heterocycles. The number of nitrogens with zero attached hydrogens (tertiary/aromatic N) is 5. The van der Waals surface area contributed by atoms with Crippen molar-refractivity contribution in [3.8, 4) is 5.19 Å². The van der Waals surface area contributed by atoms with Crippen LogP contribution in [0.15, 0.2) is 36.1 Å². The second kappa shape index (κ2) is 5.92. The third-order valence-corrected chi connectivity index (χ3v) is 4.62. The van der Waals surface area contributed by atoms with E-state index in [1.165, 1.54) is 6.42 Å². The molecule has 0 amide bonds. The lowest BCUT2D eigenvalue weighted by atomic mass is 9.99. The highest BCUT2D eigenvalue weighted by Crippen LogP contribution is 2.23. The number of anilines is 1. The normalized spacial score (nSPS) is 18.7. The van der Waals surface area contributed by atoms with Crippen LogP contribution in [0.2, 0.25) is 0 Å². The van der Waals surface area contributed by atoms with Gasteiger partial charge in [0.2, 0.25) is 0 Å². The summed E-state index contributed by atoms with van der Waals surface area (Å²) in [4.78, 5) is 11.2. The van der Waals surface area contributed by atoms with E-state index in [9.17, 15) is 0 Å². The molecule has 114 valence electrons. The van der Waals surface area contributed by atoms with Gasteiger partial charge in [0.1, 0.15) is 5.82 Å². The summed E-state index contributed by atoms with van der Waals surface area (Å²) in [6.07, 6.45) is 7.87. The van der Waals surface area contributed by atoms with Gasteiger partial charge >= 0.3 is 0 Å². The molecule has 3 aromatic heterocycles. The molecular weight excluding hydrogens is 298 g/mol. The van der Waals surface area contributed by atoms with Gasteiger partial charge in [0.05, 0.1) is 12.8 Å². The number of hydrogen-bond donors (Lipinski definition) is 0. The number of ether oxygens (including phenoxy) is 1. The molecule has 1 unspecified atom stereocenters. The summed E-state index contributed by atoms with van der Waals surface area (Å²) in [7, 11) is 0. The molecule has 6 nitrogen and oxygen atoms in total. The van der Waals surface area contributed by atoms with Crippen LogP contribution in [0.25, 0.3) is 5.65 Å². The van der Waals surface area contributed by atoms with Crippen molar-refractivity contribution in [1.29, 1.82) is 0 Å². The van der Waals surface area contributed by atoms with E-state index in [-0.39, 0.29) is 0 Å². The third kappa shape index (κ3) is 2.76. The van der Waals surface area contributed by atoms with Crippen molar-refractivity contribution < 1.29 is 4.74 Å². The molecule has 7 heteroatoms. The van der Waals surface area contributed by atoms with Gasteiger partial charge in [-0.2, -0.15) is 5.10 Å². The lowest BCUT2D eigenvalue weighted by molar-refractivity contribution is 0.228. The van der Waals surface area contributed by atoms with Crippen molar-refractivity contribution in [2.24, 2.45) is 5.92 Å². The van der Waals surface area contributed by atoms with E-state index in [0.717, 1.165) is 42.8 Å². The molecule has 4 heterocycles. The van der Waals surface area contributed by atoms with Crippen LogP contribution in [0.1, 0.15) is 12.8 Å². The number of thiazole rings is 1. The van der Waals surface area contributed by atoms with Crippen molar-refractivity contribution in [3.05, 3.63) is 36.1 Å². The number of aromatic nitrogens is 4. The summed E-state index contributed by atoms with van der Waals surface area (Å²) in [6, 6.07) is 3.96. The smallest absolute Gasteiger partial charge is 0.273 e. The molecule has 1 fully saturated rings. The minimum absolute atomic E-state index is 0.514. The number of fused-ring (bicyclic) bond motifs is 1. The minimum Gasteiger partial charge on any atom is -0.470 e. The van der Waals surface area contributed by atoms with Crippen LogP contribution in [0, 0.1) is 5.92 Å². The van der Waals surface area contributed by atoms with E-state index in [0.29, 0.717) is 5.92 Å². The molecule has 22 heavy (non-hydrogen) atoms. The number of piperidine rings is 1. The van der Waals surface area contributed by atoms with Gasteiger partial charge in [-0.15, -0.1) is 0 Å². The highest BCUT2D eigenvalue weighted by molar-refractivity contribution is 7.11. The predicted molar refractivity (Wildman–Crippen MR) is 85.5 cm³/mol. The molecule has 0 bridgehead atoms. The Kier molecular flexibility index (Phi) is 3.64. The first-order valence-electron chi connectivity index (χ1n) is 7.46. The zero-order chi connectivity index (χ0) is 14.8. The largest absolute Gasteiger partial charge is 0.470 e. The van der Waals surface area contributed by atoms with Crippen LogP contribution in [0.4, 0.5) is 5.82 Å². The fraction of sp³-hybridized carbons (Fsp3) is 0.400. The predicted octanol–water partition coefficient (Wildman–Crippen LogP) is 2.48. The van der Waals surface area contributed by atoms with Crippen molar-refractivity contribution in [2.45, 2.75) is 12.8 Å². The maximum Gasteiger partial charge on any atom is 0.273 e. The summed E-state index contributed by atoms with van der Waals surface area (Å²) in [6.45, 7) is 2.74. The topological polar surface area (TPSA) is 55.6 Å². The molecule has 0 aliphatic carbocycles. The van der Waals surface area contributed by atoms with Gasteiger partial charge < -0.3 is 9.64 Å². The van der Waals surface area contributed by atoms with E-state index in [1.807, 2.05) is 23.7 Å². The summed E-state index contributed by atoms with van der Waals surface area (Å²) >= 11 is 1.54. The highest BCUT2D eigenvalue weighted by atomic mass is 32.1. The Morgan fingerprint density at radius 2 is 2.32 bits per heavy atom. The molecule has 3 aromatic rings. The molecule has 0 spiro atoms. The minimum atomic E-state index is 0.514. The average Bonchev–Trinajstić information content (AvgIpc) is 3.24. The van der Waals surface area contributed by atoms with Crippen LogP contribution in [-0.2, 0) is 0 Å². The van der Waals surface area contributed by atoms with Crippen molar-refractivity contribution in [1.82, 2.24) is 19.6 Å². The van der Waals surface area contributed by atoms with E-state index in [4.69, 9.17) is 4.74 Å². The Morgan fingerprint density at radius 1 is 1.32 bits per heavy atom. The first kappa shape index (κ1) is 13.5. The highest BCUT2D eigenvalue weighted by Gasteiger charge is 2.22. The zero-order valence-electron chi connectivity index (χ0n) is 12.1. The van der Waals surface area contributed by atoms with Crippen molar-refractivity contribution >= 4 is 22.8 Å². The van der Waals surface area contributed by atoms with Gasteiger partial charge in [-0.1, -0.05) is 11.3 Å². The lowest BCUT2D eigenvalue weighted by Crippen LogP contribution is -2.38. The Morgan fingerprint density at radius 3 is 3.23 bits per heavy atom. The van der Waals surface area contributed by atoms with E-state index in [2.05, 4.69) is 20.0 Å². The molecule has 0 aromatic carbocycles. The fourth-order valence-electron chi connectivity index (χ4n) is 2.86. The summed E-state index contributed by atoms with van der Waals surface area (Å²) in [5, 5.41) is 6.89. The Balaban J connectivity index is 1.43.